The maximum Gasteiger partial charge on any atom is 0.128 e. The highest BCUT2D eigenvalue weighted by atomic mass is 79.9. The van der Waals surface area contributed by atoms with Crippen LogP contribution in [0.5, 0.6) is 0 Å². The van der Waals surface area contributed by atoms with Gasteiger partial charge < -0.3 is 4.90 Å². The van der Waals surface area contributed by atoms with Gasteiger partial charge in [-0.1, -0.05) is 58.4 Å². The van der Waals surface area contributed by atoms with Gasteiger partial charge in [-0.15, -0.1) is 0 Å². The molecule has 0 N–H and O–H groups in total. The minimum atomic E-state index is -0.0677. The SMILES string of the molecule is Fc1ccccc1[C@@H]1[C@@H]2CC=C[C@@H]2c2cc(Br)cc3c2N1C[C@@H]1CC=C[C@H]31. The van der Waals surface area contributed by atoms with Crippen LogP contribution in [0.15, 0.2) is 65.2 Å². The Bertz CT molecular complexity index is 977. The second-order valence-electron chi connectivity index (χ2n) is 8.35. The average Bonchev–Trinajstić information content (AvgIpc) is 3.32. The molecule has 4 aliphatic rings. The van der Waals surface area contributed by atoms with Gasteiger partial charge in [0.15, 0.2) is 0 Å². The molecule has 0 amide bonds. The van der Waals surface area contributed by atoms with Crippen LogP contribution in [0.2, 0.25) is 0 Å². The summed E-state index contributed by atoms with van der Waals surface area (Å²) in [5.41, 5.74) is 5.07. The molecule has 2 aromatic carbocycles. The molecule has 6 rings (SSSR count). The van der Waals surface area contributed by atoms with Gasteiger partial charge >= 0.3 is 0 Å². The van der Waals surface area contributed by atoms with Crippen LogP contribution in [0.3, 0.4) is 0 Å². The van der Waals surface area contributed by atoms with Gasteiger partial charge in [0.25, 0.3) is 0 Å². The summed E-state index contributed by atoms with van der Waals surface area (Å²) in [4.78, 5) is 2.55. The lowest BCUT2D eigenvalue weighted by atomic mass is 9.70. The average molecular weight is 422 g/mol. The first kappa shape index (κ1) is 16.1. The highest BCUT2D eigenvalue weighted by Gasteiger charge is 2.48. The van der Waals surface area contributed by atoms with E-state index in [9.17, 15) is 4.39 Å². The molecule has 1 nitrogen and oxygen atoms in total. The van der Waals surface area contributed by atoms with Crippen molar-refractivity contribution in [2.45, 2.75) is 30.7 Å². The minimum absolute atomic E-state index is 0.0677. The zero-order chi connectivity index (χ0) is 18.1. The third kappa shape index (κ3) is 2.21. The number of fused-ring (bicyclic) bond motifs is 4. The van der Waals surface area contributed by atoms with E-state index in [-0.39, 0.29) is 11.9 Å². The van der Waals surface area contributed by atoms with Crippen molar-refractivity contribution in [1.29, 1.82) is 0 Å². The first-order valence-electron chi connectivity index (χ1n) is 9.90. The molecule has 2 aliphatic heterocycles. The van der Waals surface area contributed by atoms with E-state index in [0.29, 0.717) is 23.7 Å². The third-order valence-corrected chi connectivity index (χ3v) is 7.50. The molecule has 27 heavy (non-hydrogen) atoms. The molecule has 0 spiro atoms. The monoisotopic (exact) mass is 421 g/mol. The van der Waals surface area contributed by atoms with E-state index in [4.69, 9.17) is 0 Å². The molecular formula is C24H21BrFN. The summed E-state index contributed by atoms with van der Waals surface area (Å²) in [6.45, 7) is 1.02. The molecule has 0 aromatic heterocycles. The molecule has 2 aromatic rings. The number of rotatable bonds is 1. The number of hydrogen-bond acceptors (Lipinski definition) is 1. The van der Waals surface area contributed by atoms with Crippen LogP contribution in [0.25, 0.3) is 0 Å². The lowest BCUT2D eigenvalue weighted by Crippen LogP contribution is -2.46. The van der Waals surface area contributed by atoms with E-state index in [1.54, 1.807) is 12.1 Å². The third-order valence-electron chi connectivity index (χ3n) is 7.04. The summed E-state index contributed by atoms with van der Waals surface area (Å²) < 4.78 is 16.1. The second-order valence-corrected chi connectivity index (χ2v) is 9.27. The number of nitrogens with zero attached hydrogens (tertiary/aromatic N) is 1. The quantitative estimate of drug-likeness (QED) is 0.476. The van der Waals surface area contributed by atoms with Gasteiger partial charge in [0.1, 0.15) is 5.82 Å². The van der Waals surface area contributed by atoms with Crippen LogP contribution in [0.1, 0.15) is 47.4 Å². The lowest BCUT2D eigenvalue weighted by Gasteiger charge is -2.51. The Kier molecular flexibility index (Phi) is 3.47. The number of allylic oxidation sites excluding steroid dienone is 4. The normalized spacial score (nSPS) is 32.4. The van der Waals surface area contributed by atoms with E-state index in [1.165, 1.54) is 21.3 Å². The molecule has 0 unspecified atom stereocenters. The summed E-state index contributed by atoms with van der Waals surface area (Å²) in [6.07, 6.45) is 11.5. The van der Waals surface area contributed by atoms with Crippen molar-refractivity contribution in [3.63, 3.8) is 0 Å². The van der Waals surface area contributed by atoms with E-state index < -0.39 is 0 Å². The second kappa shape index (κ2) is 5.81. The standard InChI is InChI=1S/C24H21BrFN/c25-15-11-20-16-7-3-5-14(16)13-27-23(19-6-1-2-10-22(19)26)18-9-4-8-17(18)21(12-15)24(20)27/h1-4,6-8,10-12,14,16-18,23H,5,9,13H2/t14-,16-,17-,18+,23-/m0/s1. The topological polar surface area (TPSA) is 3.24 Å². The fraction of sp³-hybridized carbons (Fsp3) is 0.333. The van der Waals surface area contributed by atoms with Crippen molar-refractivity contribution in [2.75, 3.05) is 11.4 Å². The summed E-state index contributed by atoms with van der Waals surface area (Å²) in [5, 5.41) is 0. The van der Waals surface area contributed by atoms with Crippen LogP contribution in [-0.4, -0.2) is 6.54 Å². The summed E-state index contributed by atoms with van der Waals surface area (Å²) >= 11 is 3.77. The van der Waals surface area contributed by atoms with Crippen molar-refractivity contribution in [1.82, 2.24) is 0 Å². The van der Waals surface area contributed by atoms with Crippen molar-refractivity contribution >= 4 is 21.6 Å². The van der Waals surface area contributed by atoms with E-state index >= 15 is 0 Å². The molecule has 2 aliphatic carbocycles. The number of anilines is 1. The Balaban J connectivity index is 1.61. The smallest absolute Gasteiger partial charge is 0.128 e. The Morgan fingerprint density at radius 3 is 2.52 bits per heavy atom. The van der Waals surface area contributed by atoms with Gasteiger partial charge in [0, 0.05) is 34.1 Å². The van der Waals surface area contributed by atoms with E-state index in [2.05, 4.69) is 57.3 Å². The molecular weight excluding hydrogens is 401 g/mol. The van der Waals surface area contributed by atoms with Crippen LogP contribution >= 0.6 is 15.9 Å². The van der Waals surface area contributed by atoms with Crippen LogP contribution < -0.4 is 4.90 Å². The van der Waals surface area contributed by atoms with Gasteiger partial charge in [0.05, 0.1) is 6.04 Å². The van der Waals surface area contributed by atoms with Crippen molar-refractivity contribution < 1.29 is 4.39 Å². The van der Waals surface area contributed by atoms with Gasteiger partial charge in [-0.2, -0.15) is 0 Å². The minimum Gasteiger partial charge on any atom is -0.363 e. The van der Waals surface area contributed by atoms with Crippen LogP contribution in [0, 0.1) is 17.7 Å². The Morgan fingerprint density at radius 1 is 0.926 bits per heavy atom. The van der Waals surface area contributed by atoms with Gasteiger partial charge in [-0.3, -0.25) is 0 Å². The molecule has 0 radical (unpaired) electrons. The number of halogens is 2. The Hall–Kier alpha value is -1.87. The highest BCUT2D eigenvalue weighted by molar-refractivity contribution is 9.10. The van der Waals surface area contributed by atoms with Crippen molar-refractivity contribution in [2.24, 2.45) is 11.8 Å². The largest absolute Gasteiger partial charge is 0.363 e. The molecule has 2 heterocycles. The van der Waals surface area contributed by atoms with E-state index in [1.807, 2.05) is 12.1 Å². The Morgan fingerprint density at radius 2 is 1.67 bits per heavy atom. The molecule has 3 heteroatoms. The number of hydrogen-bond donors (Lipinski definition) is 0. The fourth-order valence-corrected chi connectivity index (χ4v) is 6.50. The molecule has 0 bridgehead atoms. The highest BCUT2D eigenvalue weighted by Crippen LogP contribution is 2.59. The maximum atomic E-state index is 14.9. The summed E-state index contributed by atoms with van der Waals surface area (Å²) in [7, 11) is 0. The van der Waals surface area contributed by atoms with Crippen molar-refractivity contribution in [3.05, 3.63) is 87.7 Å². The first-order valence-corrected chi connectivity index (χ1v) is 10.7. The summed E-state index contributed by atoms with van der Waals surface area (Å²) in [6, 6.07) is 12.1. The number of benzene rings is 2. The zero-order valence-corrected chi connectivity index (χ0v) is 16.6. The predicted octanol–water partition coefficient (Wildman–Crippen LogP) is 6.48. The van der Waals surface area contributed by atoms with Gasteiger partial charge in [-0.05, 0) is 54.0 Å². The summed E-state index contributed by atoms with van der Waals surface area (Å²) in [5.74, 6) is 1.80. The van der Waals surface area contributed by atoms with Crippen LogP contribution in [-0.2, 0) is 0 Å². The zero-order valence-electron chi connectivity index (χ0n) is 15.0. The molecule has 5 atom stereocenters. The van der Waals surface area contributed by atoms with Crippen LogP contribution in [0.4, 0.5) is 10.1 Å². The maximum absolute atomic E-state index is 14.9. The van der Waals surface area contributed by atoms with Gasteiger partial charge in [-0.25, -0.2) is 4.39 Å². The molecule has 136 valence electrons. The first-order chi connectivity index (χ1) is 13.2. The lowest BCUT2D eigenvalue weighted by molar-refractivity contribution is 0.328. The molecule has 0 saturated carbocycles. The molecule has 0 fully saturated rings. The molecule has 0 saturated heterocycles. The Labute approximate surface area is 167 Å². The van der Waals surface area contributed by atoms with Crippen molar-refractivity contribution in [3.8, 4) is 0 Å². The fourth-order valence-electron chi connectivity index (χ4n) is 6.00. The van der Waals surface area contributed by atoms with Gasteiger partial charge in [0.2, 0.25) is 0 Å². The predicted molar refractivity (Wildman–Crippen MR) is 111 cm³/mol. The van der Waals surface area contributed by atoms with E-state index in [0.717, 1.165) is 24.9 Å².